The SMILES string of the molecule is C#CCOc1c(I)cc(/C=c2\sc3n(c2=O)[C@H](c2ccc4c(c2)OCO4)C(C(=O)OCC)=C(C)N=3)cc1OC. The van der Waals surface area contributed by atoms with E-state index < -0.39 is 12.0 Å². The van der Waals surface area contributed by atoms with Gasteiger partial charge in [-0.3, -0.25) is 9.36 Å². The van der Waals surface area contributed by atoms with Crippen LogP contribution in [0.5, 0.6) is 23.0 Å². The van der Waals surface area contributed by atoms with E-state index in [1.54, 1.807) is 38.1 Å². The Bertz CT molecular complexity index is 1730. The standard InChI is InChI=1S/C28H23IN2O7S/c1-5-9-36-25-18(29)10-16(11-21(25)34-4)12-22-26(32)31-24(17-7-8-19-20(13-17)38-14-37-19)23(27(33)35-6-2)15(3)30-28(31)39-22/h1,7-8,10-13,24H,6,9,14H2,2-4H3/b22-12-/t24-/m1/s1. The first-order chi connectivity index (χ1) is 18.9. The van der Waals surface area contributed by atoms with E-state index in [1.165, 1.54) is 23.0 Å². The van der Waals surface area contributed by atoms with Crippen molar-refractivity contribution in [2.24, 2.45) is 4.99 Å². The molecule has 5 rings (SSSR count). The van der Waals surface area contributed by atoms with Crippen LogP contribution >= 0.6 is 33.9 Å². The summed E-state index contributed by atoms with van der Waals surface area (Å²) in [6.45, 7) is 3.88. The molecule has 0 fully saturated rings. The van der Waals surface area contributed by atoms with Crippen molar-refractivity contribution in [3.05, 3.63) is 76.0 Å². The van der Waals surface area contributed by atoms with E-state index in [0.29, 0.717) is 49.2 Å². The molecule has 2 aliphatic rings. The lowest BCUT2D eigenvalue weighted by Gasteiger charge is -2.24. The monoisotopic (exact) mass is 658 g/mol. The third kappa shape index (κ3) is 5.02. The summed E-state index contributed by atoms with van der Waals surface area (Å²) in [7, 11) is 1.54. The molecule has 0 amide bonds. The lowest BCUT2D eigenvalue weighted by molar-refractivity contribution is -0.139. The predicted molar refractivity (Wildman–Crippen MR) is 153 cm³/mol. The molecule has 200 valence electrons. The van der Waals surface area contributed by atoms with Gasteiger partial charge in [0.2, 0.25) is 6.79 Å². The van der Waals surface area contributed by atoms with Gasteiger partial charge in [0.05, 0.1) is 39.1 Å². The van der Waals surface area contributed by atoms with E-state index in [2.05, 4.69) is 33.5 Å². The van der Waals surface area contributed by atoms with Gasteiger partial charge in [-0.25, -0.2) is 9.79 Å². The molecule has 0 spiro atoms. The van der Waals surface area contributed by atoms with Crippen LogP contribution in [0.1, 0.15) is 31.0 Å². The number of benzene rings is 2. The number of thiazole rings is 1. The van der Waals surface area contributed by atoms with Crippen molar-refractivity contribution < 1.29 is 28.5 Å². The molecule has 2 aromatic carbocycles. The second-order valence-electron chi connectivity index (χ2n) is 8.44. The topological polar surface area (TPSA) is 97.6 Å². The fourth-order valence-electron chi connectivity index (χ4n) is 4.42. The number of aromatic nitrogens is 1. The zero-order valence-electron chi connectivity index (χ0n) is 21.3. The highest BCUT2D eigenvalue weighted by Crippen LogP contribution is 2.38. The number of methoxy groups -OCH3 is 1. The maximum absolute atomic E-state index is 13.9. The van der Waals surface area contributed by atoms with Crippen molar-refractivity contribution in [3.8, 4) is 35.3 Å². The number of terminal acetylenes is 1. The third-order valence-electron chi connectivity index (χ3n) is 6.08. The number of fused-ring (bicyclic) bond motifs is 2. The zero-order valence-corrected chi connectivity index (χ0v) is 24.3. The van der Waals surface area contributed by atoms with E-state index in [4.69, 9.17) is 30.1 Å². The predicted octanol–water partition coefficient (Wildman–Crippen LogP) is 3.15. The van der Waals surface area contributed by atoms with Gasteiger partial charge in [-0.15, -0.1) is 6.42 Å². The number of ether oxygens (including phenoxy) is 5. The Morgan fingerprint density at radius 2 is 2.10 bits per heavy atom. The highest BCUT2D eigenvalue weighted by atomic mass is 127. The highest BCUT2D eigenvalue weighted by molar-refractivity contribution is 14.1. The van der Waals surface area contributed by atoms with Gasteiger partial charge in [0.15, 0.2) is 27.8 Å². The molecule has 0 aliphatic carbocycles. The van der Waals surface area contributed by atoms with Gasteiger partial charge in [-0.05, 0) is 77.9 Å². The second-order valence-corrected chi connectivity index (χ2v) is 10.6. The maximum atomic E-state index is 13.9. The first-order valence-corrected chi connectivity index (χ1v) is 13.8. The number of allylic oxidation sites excluding steroid dienone is 1. The van der Waals surface area contributed by atoms with Gasteiger partial charge >= 0.3 is 5.97 Å². The Labute approximate surface area is 241 Å². The minimum absolute atomic E-state index is 0.103. The lowest BCUT2D eigenvalue weighted by Crippen LogP contribution is -2.39. The molecule has 1 atom stereocenters. The van der Waals surface area contributed by atoms with Crippen molar-refractivity contribution in [2.75, 3.05) is 27.1 Å². The molecule has 0 N–H and O–H groups in total. The van der Waals surface area contributed by atoms with Crippen LogP contribution in [-0.2, 0) is 9.53 Å². The number of halogens is 1. The molecule has 3 aromatic rings. The molecule has 0 radical (unpaired) electrons. The van der Waals surface area contributed by atoms with Crippen LogP contribution in [0.2, 0.25) is 0 Å². The highest BCUT2D eigenvalue weighted by Gasteiger charge is 2.34. The van der Waals surface area contributed by atoms with Crippen LogP contribution in [0.4, 0.5) is 0 Å². The Morgan fingerprint density at radius 3 is 2.85 bits per heavy atom. The van der Waals surface area contributed by atoms with Gasteiger partial charge in [0, 0.05) is 0 Å². The molecule has 0 bridgehead atoms. The van der Waals surface area contributed by atoms with Gasteiger partial charge < -0.3 is 23.7 Å². The number of hydrogen-bond acceptors (Lipinski definition) is 9. The van der Waals surface area contributed by atoms with Crippen molar-refractivity contribution in [1.29, 1.82) is 0 Å². The third-order valence-corrected chi connectivity index (χ3v) is 7.86. The first kappa shape index (κ1) is 26.8. The quantitative estimate of drug-likeness (QED) is 0.219. The van der Waals surface area contributed by atoms with Gasteiger partial charge in [0.1, 0.15) is 6.61 Å². The molecule has 39 heavy (non-hydrogen) atoms. The van der Waals surface area contributed by atoms with Crippen LogP contribution in [0.3, 0.4) is 0 Å². The van der Waals surface area contributed by atoms with Crippen molar-refractivity contribution in [1.82, 2.24) is 4.57 Å². The molecule has 2 aliphatic heterocycles. The van der Waals surface area contributed by atoms with E-state index in [1.807, 2.05) is 12.1 Å². The fraction of sp³-hybridized carbons (Fsp3) is 0.250. The van der Waals surface area contributed by atoms with Gasteiger partial charge in [-0.1, -0.05) is 23.3 Å². The van der Waals surface area contributed by atoms with Crippen molar-refractivity contribution >= 4 is 46.0 Å². The summed E-state index contributed by atoms with van der Waals surface area (Å²) >= 11 is 3.37. The number of carbonyl (C=O) groups excluding carboxylic acids is 1. The van der Waals surface area contributed by atoms with Crippen LogP contribution in [0, 0.1) is 15.9 Å². The van der Waals surface area contributed by atoms with Gasteiger partial charge in [0.25, 0.3) is 5.56 Å². The van der Waals surface area contributed by atoms with Crippen molar-refractivity contribution in [2.45, 2.75) is 19.9 Å². The van der Waals surface area contributed by atoms with E-state index in [9.17, 15) is 9.59 Å². The molecule has 1 aromatic heterocycles. The maximum Gasteiger partial charge on any atom is 0.338 e. The second kappa shape index (κ2) is 11.2. The molecular weight excluding hydrogens is 635 g/mol. The zero-order chi connectivity index (χ0) is 27.7. The largest absolute Gasteiger partial charge is 0.493 e. The number of esters is 1. The summed E-state index contributed by atoms with van der Waals surface area (Å²) in [5.41, 5.74) is 1.89. The van der Waals surface area contributed by atoms with E-state index in [-0.39, 0.29) is 25.6 Å². The molecule has 11 heteroatoms. The lowest BCUT2D eigenvalue weighted by atomic mass is 9.95. The van der Waals surface area contributed by atoms with Crippen LogP contribution < -0.4 is 33.8 Å². The normalized spacial score (nSPS) is 15.9. The summed E-state index contributed by atoms with van der Waals surface area (Å²) in [5, 5.41) is 0. The molecule has 3 heterocycles. The van der Waals surface area contributed by atoms with E-state index in [0.717, 1.165) is 9.13 Å². The molecular formula is C28H23IN2O7S. The Balaban J connectivity index is 1.67. The van der Waals surface area contributed by atoms with Crippen LogP contribution in [-0.4, -0.2) is 37.7 Å². The number of rotatable bonds is 7. The summed E-state index contributed by atoms with van der Waals surface area (Å²) < 4.78 is 30.3. The Hall–Kier alpha value is -3.76. The Kier molecular flexibility index (Phi) is 7.67. The molecule has 0 saturated carbocycles. The smallest absolute Gasteiger partial charge is 0.338 e. The van der Waals surface area contributed by atoms with E-state index >= 15 is 0 Å². The fourth-order valence-corrected chi connectivity index (χ4v) is 6.25. The molecule has 0 saturated heterocycles. The number of hydrogen-bond donors (Lipinski definition) is 0. The minimum Gasteiger partial charge on any atom is -0.493 e. The summed E-state index contributed by atoms with van der Waals surface area (Å²) in [6, 6.07) is 8.25. The number of nitrogens with zero attached hydrogens (tertiary/aromatic N) is 2. The summed E-state index contributed by atoms with van der Waals surface area (Å²) in [4.78, 5) is 32.1. The molecule has 9 nitrogen and oxygen atoms in total. The minimum atomic E-state index is -0.758. The average molecular weight is 658 g/mol. The molecule has 0 unspecified atom stereocenters. The first-order valence-electron chi connectivity index (χ1n) is 11.9. The summed E-state index contributed by atoms with van der Waals surface area (Å²) in [6.07, 6.45) is 7.10. The van der Waals surface area contributed by atoms with Crippen LogP contribution in [0.15, 0.2) is 51.4 Å². The Morgan fingerprint density at radius 1 is 1.31 bits per heavy atom. The van der Waals surface area contributed by atoms with Crippen molar-refractivity contribution in [3.63, 3.8) is 0 Å². The average Bonchev–Trinajstić information content (AvgIpc) is 3.50. The summed E-state index contributed by atoms with van der Waals surface area (Å²) in [5.74, 6) is 4.09. The van der Waals surface area contributed by atoms with Crippen LogP contribution in [0.25, 0.3) is 6.08 Å². The van der Waals surface area contributed by atoms with Gasteiger partial charge in [-0.2, -0.15) is 0 Å². The number of carbonyl (C=O) groups is 1.